The van der Waals surface area contributed by atoms with Gasteiger partial charge in [-0.1, -0.05) is 18.3 Å². The lowest BCUT2D eigenvalue weighted by Crippen LogP contribution is -2.64. The Morgan fingerprint density at radius 2 is 2.00 bits per heavy atom. The highest BCUT2D eigenvalue weighted by atomic mass is 16.6. The Balaban J connectivity index is 1.36. The predicted octanol–water partition coefficient (Wildman–Crippen LogP) is -1.46. The standard InChI is InChI=1S/C21H30BN4O8/c1-21(23,20(30)24-7-16(27)25(2)3)10-26-8-11(9-26)33-15-5-4-12-13-6-14(13)22(31,32)34-18(12)17(15)19(28)29/h4-5,11,13-14,31-32H,6-10,23H2,1-3H3,(H,24,30)(H,28,29)/q-1/t13-,14-,21+/m1/s1. The smallest absolute Gasteiger partial charge is 0.434 e. The number of carbonyl (C=O) groups excluding carboxylic acids is 2. The number of nitrogens with zero attached hydrogens (tertiary/aromatic N) is 2. The Morgan fingerprint density at radius 3 is 2.62 bits per heavy atom. The largest absolute Gasteiger partial charge is 0.669 e. The summed E-state index contributed by atoms with van der Waals surface area (Å²) in [6.07, 6.45) is 0.187. The van der Waals surface area contributed by atoms with Crippen molar-refractivity contribution in [3.05, 3.63) is 23.3 Å². The Labute approximate surface area is 196 Å². The van der Waals surface area contributed by atoms with Crippen LogP contribution in [0.3, 0.4) is 0 Å². The van der Waals surface area contributed by atoms with Crippen molar-refractivity contribution in [3.8, 4) is 11.5 Å². The molecule has 0 unspecified atom stereocenters. The van der Waals surface area contributed by atoms with Gasteiger partial charge in [-0.2, -0.15) is 0 Å². The molecule has 12 nitrogen and oxygen atoms in total. The van der Waals surface area contributed by atoms with E-state index in [9.17, 15) is 29.5 Å². The molecule has 34 heavy (non-hydrogen) atoms. The van der Waals surface area contributed by atoms with Crippen molar-refractivity contribution in [2.45, 2.75) is 36.7 Å². The highest BCUT2D eigenvalue weighted by molar-refractivity contribution is 6.62. The summed E-state index contributed by atoms with van der Waals surface area (Å²) in [5, 5.41) is 32.6. The lowest BCUT2D eigenvalue weighted by atomic mass is 9.68. The first-order chi connectivity index (χ1) is 15.8. The number of rotatable bonds is 8. The zero-order chi connectivity index (χ0) is 25.0. The van der Waals surface area contributed by atoms with E-state index in [1.54, 1.807) is 33.2 Å². The second-order valence-corrected chi connectivity index (χ2v) is 9.87. The van der Waals surface area contributed by atoms with Gasteiger partial charge in [-0.05, 0) is 24.5 Å². The van der Waals surface area contributed by atoms with E-state index in [1.807, 2.05) is 4.90 Å². The molecule has 1 saturated carbocycles. The Bertz CT molecular complexity index is 1020. The summed E-state index contributed by atoms with van der Waals surface area (Å²) in [6, 6.07) is 3.28. The molecule has 6 N–H and O–H groups in total. The molecule has 3 atom stereocenters. The summed E-state index contributed by atoms with van der Waals surface area (Å²) < 4.78 is 11.2. The molecule has 2 heterocycles. The number of carboxylic acid groups (broad SMARTS) is 1. The minimum Gasteiger partial charge on any atom is -0.669 e. The topological polar surface area (TPSA) is 175 Å². The lowest BCUT2D eigenvalue weighted by Gasteiger charge is -2.43. The van der Waals surface area contributed by atoms with Crippen LogP contribution in [-0.2, 0) is 9.59 Å². The SMILES string of the molecule is CN(C)C(=O)CNC(=O)[C@@](C)(N)CN1CC(Oc2ccc3c(c2C(=O)O)O[B-](O)(O)[C@@H]2C[C@H]32)C1. The number of carbonyl (C=O) groups is 3. The van der Waals surface area contributed by atoms with Gasteiger partial charge in [0.25, 0.3) is 0 Å². The Kier molecular flexibility index (Phi) is 6.01. The summed E-state index contributed by atoms with van der Waals surface area (Å²) in [6.45, 7) is -0.647. The predicted molar refractivity (Wildman–Crippen MR) is 120 cm³/mol. The molecule has 0 aromatic heterocycles. The van der Waals surface area contributed by atoms with Gasteiger partial charge in [0.2, 0.25) is 11.8 Å². The third-order valence-electron chi connectivity index (χ3n) is 6.64. The Hall–Kier alpha value is -2.87. The molecule has 2 amide bonds. The zero-order valence-electron chi connectivity index (χ0n) is 19.4. The van der Waals surface area contributed by atoms with Crippen molar-refractivity contribution >= 4 is 24.5 Å². The number of hydrogen-bond donors (Lipinski definition) is 5. The minimum atomic E-state index is -3.11. The maximum atomic E-state index is 12.4. The number of fused-ring (bicyclic) bond motifs is 3. The van der Waals surface area contributed by atoms with Gasteiger partial charge < -0.3 is 40.5 Å². The van der Waals surface area contributed by atoms with Crippen LogP contribution in [0.15, 0.2) is 12.1 Å². The highest BCUT2D eigenvalue weighted by Crippen LogP contribution is 2.63. The van der Waals surface area contributed by atoms with Gasteiger partial charge >= 0.3 is 12.7 Å². The van der Waals surface area contributed by atoms with Gasteiger partial charge in [0, 0.05) is 33.7 Å². The molecule has 0 radical (unpaired) electrons. The quantitative estimate of drug-likeness (QED) is 0.279. The number of likely N-dealkylation sites (N-methyl/N-ethyl adjacent to an activating group) is 1. The van der Waals surface area contributed by atoms with Gasteiger partial charge in [0.15, 0.2) is 0 Å². The van der Waals surface area contributed by atoms with Crippen LogP contribution in [0.2, 0.25) is 5.82 Å². The van der Waals surface area contributed by atoms with E-state index in [-0.39, 0.29) is 48.1 Å². The first-order valence-corrected chi connectivity index (χ1v) is 11.1. The van der Waals surface area contributed by atoms with Gasteiger partial charge in [-0.15, -0.1) is 0 Å². The van der Waals surface area contributed by atoms with Crippen LogP contribution in [0.25, 0.3) is 0 Å². The lowest BCUT2D eigenvalue weighted by molar-refractivity contribution is -0.133. The molecule has 1 aromatic carbocycles. The van der Waals surface area contributed by atoms with Crippen molar-refractivity contribution in [2.24, 2.45) is 5.73 Å². The summed E-state index contributed by atoms with van der Waals surface area (Å²) in [5.41, 5.74) is 5.33. The third kappa shape index (κ3) is 4.56. The second-order valence-electron chi connectivity index (χ2n) is 9.87. The van der Waals surface area contributed by atoms with Crippen LogP contribution in [0.4, 0.5) is 0 Å². The molecule has 4 rings (SSSR count). The van der Waals surface area contributed by atoms with Crippen molar-refractivity contribution in [2.75, 3.05) is 40.3 Å². The van der Waals surface area contributed by atoms with Crippen LogP contribution in [-0.4, -0.2) is 101 Å². The van der Waals surface area contributed by atoms with E-state index in [0.29, 0.717) is 25.1 Å². The number of nitrogens with two attached hydrogens (primary N) is 1. The number of likely N-dealkylation sites (tertiary alicyclic amines) is 1. The molecule has 186 valence electrons. The summed E-state index contributed by atoms with van der Waals surface area (Å²) in [7, 11) is 3.18. The molecule has 2 aliphatic heterocycles. The van der Waals surface area contributed by atoms with E-state index in [4.69, 9.17) is 15.1 Å². The molecule has 0 spiro atoms. The van der Waals surface area contributed by atoms with E-state index < -0.39 is 30.0 Å². The first kappa shape index (κ1) is 24.3. The van der Waals surface area contributed by atoms with Crippen molar-refractivity contribution < 1.29 is 38.9 Å². The molecule has 2 fully saturated rings. The van der Waals surface area contributed by atoms with E-state index in [0.717, 1.165) is 0 Å². The summed E-state index contributed by atoms with van der Waals surface area (Å²) >= 11 is 0. The number of aromatic carboxylic acids is 1. The van der Waals surface area contributed by atoms with Gasteiger partial charge in [-0.3, -0.25) is 14.5 Å². The molecule has 1 saturated heterocycles. The fourth-order valence-electron chi connectivity index (χ4n) is 4.57. The maximum absolute atomic E-state index is 12.4. The van der Waals surface area contributed by atoms with E-state index in [1.165, 1.54) is 4.90 Å². The molecule has 1 aromatic rings. The van der Waals surface area contributed by atoms with Gasteiger partial charge in [0.05, 0.1) is 12.3 Å². The van der Waals surface area contributed by atoms with Crippen molar-refractivity contribution in [1.29, 1.82) is 0 Å². The third-order valence-corrected chi connectivity index (χ3v) is 6.64. The normalized spacial score (nSPS) is 24.4. The molecular formula is C21H30BN4O8-. The zero-order valence-corrected chi connectivity index (χ0v) is 19.4. The van der Waals surface area contributed by atoms with Crippen LogP contribution in [0.5, 0.6) is 11.5 Å². The maximum Gasteiger partial charge on any atom is 0.434 e. The monoisotopic (exact) mass is 477 g/mol. The van der Waals surface area contributed by atoms with E-state index >= 15 is 0 Å². The minimum absolute atomic E-state index is 0.0524. The van der Waals surface area contributed by atoms with Crippen LogP contribution < -0.4 is 20.4 Å². The number of hydrogen-bond acceptors (Lipinski definition) is 9. The number of benzene rings is 1. The van der Waals surface area contributed by atoms with Gasteiger partial charge in [0.1, 0.15) is 23.0 Å². The number of amides is 2. The summed E-state index contributed by atoms with van der Waals surface area (Å²) in [4.78, 5) is 39.3. The van der Waals surface area contributed by atoms with Crippen LogP contribution in [0.1, 0.15) is 35.2 Å². The molecule has 1 aliphatic carbocycles. The number of nitrogens with one attached hydrogen (secondary N) is 1. The molecular weight excluding hydrogens is 447 g/mol. The Morgan fingerprint density at radius 1 is 1.32 bits per heavy atom. The summed E-state index contributed by atoms with van der Waals surface area (Å²) in [5.74, 6) is -2.50. The van der Waals surface area contributed by atoms with Gasteiger partial charge in [-0.25, -0.2) is 4.79 Å². The average Bonchev–Trinajstić information content (AvgIpc) is 3.51. The fraction of sp³-hybridized carbons (Fsp3) is 0.571. The second kappa shape index (κ2) is 8.41. The van der Waals surface area contributed by atoms with Crippen LogP contribution in [0, 0.1) is 0 Å². The highest BCUT2D eigenvalue weighted by Gasteiger charge is 2.55. The van der Waals surface area contributed by atoms with Crippen molar-refractivity contribution in [1.82, 2.24) is 15.1 Å². The van der Waals surface area contributed by atoms with Crippen molar-refractivity contribution in [3.63, 3.8) is 0 Å². The molecule has 3 aliphatic rings. The average molecular weight is 477 g/mol. The van der Waals surface area contributed by atoms with E-state index in [2.05, 4.69) is 5.32 Å². The molecule has 13 heteroatoms. The fourth-order valence-corrected chi connectivity index (χ4v) is 4.57. The molecule has 0 bridgehead atoms. The first-order valence-electron chi connectivity index (χ1n) is 11.1. The van der Waals surface area contributed by atoms with Crippen LogP contribution >= 0.6 is 0 Å². The number of carboxylic acids is 1. The number of ether oxygens (including phenoxy) is 1.